The lowest BCUT2D eigenvalue weighted by Gasteiger charge is -2.55. The number of hydrazone groups is 1. The molecule has 0 unspecified atom stereocenters. The van der Waals surface area contributed by atoms with E-state index in [4.69, 9.17) is 15.3 Å². The largest absolute Gasteiger partial charge is 0.507 e. The number of aromatic hydroxyl groups is 2. The average Bonchev–Trinajstić information content (AvgIpc) is 2.91. The van der Waals surface area contributed by atoms with Crippen molar-refractivity contribution in [1.82, 2.24) is 0 Å². The highest BCUT2D eigenvalue weighted by molar-refractivity contribution is 6.31. The molecule has 1 saturated carbocycles. The molecule has 4 rings (SSSR count). The van der Waals surface area contributed by atoms with Gasteiger partial charge in [-0.3, -0.25) is 4.99 Å². The van der Waals surface area contributed by atoms with E-state index >= 15 is 0 Å². The molecule has 3 atom stereocenters. The zero-order chi connectivity index (χ0) is 29.9. The highest BCUT2D eigenvalue weighted by Crippen LogP contribution is 2.54. The van der Waals surface area contributed by atoms with Gasteiger partial charge < -0.3 is 30.6 Å². The standard InChI is InChI=1S/C33H43N3O5/c1-20(2)7-10-25-26(37)14-22(16-28(25)40-19-24(36-34)18-35-6)9-8-21-13-23-17-29-32(3,4)30(39)11-12-33(29,5)41-31(23)27(38)15-21/h7-9,13-16,18,29-30,37-39H,10-12,17,19,34H2,1-6H3/b9-8+,35-18?,36-24?/t29-,30-,33-/m1/s1. The Morgan fingerprint density at radius 1 is 1.10 bits per heavy atom. The first-order chi connectivity index (χ1) is 19.4. The zero-order valence-corrected chi connectivity index (χ0v) is 24.9. The molecule has 0 radical (unpaired) electrons. The molecule has 0 amide bonds. The van der Waals surface area contributed by atoms with Crippen molar-refractivity contribution in [3.8, 4) is 23.0 Å². The summed E-state index contributed by atoms with van der Waals surface area (Å²) in [7, 11) is 1.63. The van der Waals surface area contributed by atoms with Crippen molar-refractivity contribution in [2.24, 2.45) is 27.3 Å². The summed E-state index contributed by atoms with van der Waals surface area (Å²) in [5, 5.41) is 36.3. The maximum absolute atomic E-state index is 10.9. The van der Waals surface area contributed by atoms with Gasteiger partial charge in [0.25, 0.3) is 0 Å². The number of rotatable bonds is 8. The highest BCUT2D eigenvalue weighted by atomic mass is 16.5. The average molecular weight is 562 g/mol. The highest BCUT2D eigenvalue weighted by Gasteiger charge is 2.54. The van der Waals surface area contributed by atoms with E-state index in [1.807, 2.05) is 44.2 Å². The minimum absolute atomic E-state index is 0.0980. The molecule has 1 aliphatic carbocycles. The monoisotopic (exact) mass is 561 g/mol. The van der Waals surface area contributed by atoms with Crippen LogP contribution in [0.2, 0.25) is 0 Å². The van der Waals surface area contributed by atoms with Gasteiger partial charge in [0.1, 0.15) is 29.4 Å². The van der Waals surface area contributed by atoms with Gasteiger partial charge in [-0.2, -0.15) is 5.10 Å². The molecule has 2 aromatic rings. The number of hydrogen-bond donors (Lipinski definition) is 4. The number of aliphatic hydroxyl groups is 1. The summed E-state index contributed by atoms with van der Waals surface area (Å²) >= 11 is 0. The summed E-state index contributed by atoms with van der Waals surface area (Å²) < 4.78 is 12.5. The van der Waals surface area contributed by atoms with Gasteiger partial charge in [-0.15, -0.1) is 0 Å². The second kappa shape index (κ2) is 12.0. The molecule has 0 bridgehead atoms. The molecule has 2 aliphatic rings. The lowest BCUT2D eigenvalue weighted by atomic mass is 9.57. The Morgan fingerprint density at radius 2 is 1.78 bits per heavy atom. The van der Waals surface area contributed by atoms with Gasteiger partial charge in [0.05, 0.1) is 6.10 Å². The topological polar surface area (TPSA) is 130 Å². The van der Waals surface area contributed by atoms with Crippen LogP contribution in [0.15, 0.2) is 46.0 Å². The van der Waals surface area contributed by atoms with E-state index in [0.717, 1.165) is 28.7 Å². The van der Waals surface area contributed by atoms with Crippen LogP contribution in [0.25, 0.3) is 12.2 Å². The molecule has 8 nitrogen and oxygen atoms in total. The first-order valence-electron chi connectivity index (χ1n) is 14.1. The molecular weight excluding hydrogens is 518 g/mol. The normalized spacial score (nSPS) is 23.6. The van der Waals surface area contributed by atoms with E-state index in [1.54, 1.807) is 19.2 Å². The van der Waals surface area contributed by atoms with Crippen LogP contribution >= 0.6 is 0 Å². The van der Waals surface area contributed by atoms with Gasteiger partial charge >= 0.3 is 0 Å². The van der Waals surface area contributed by atoms with Crippen LogP contribution in [0, 0.1) is 11.3 Å². The zero-order valence-electron chi connectivity index (χ0n) is 24.9. The smallest absolute Gasteiger partial charge is 0.164 e. The maximum atomic E-state index is 10.9. The Hall–Kier alpha value is -3.78. The van der Waals surface area contributed by atoms with Crippen LogP contribution in [-0.4, -0.2) is 52.6 Å². The molecule has 0 aromatic heterocycles. The van der Waals surface area contributed by atoms with Crippen LogP contribution < -0.4 is 15.3 Å². The third-order valence-electron chi connectivity index (χ3n) is 8.55. The number of hydrogen-bond acceptors (Lipinski definition) is 8. The molecule has 0 spiro atoms. The van der Waals surface area contributed by atoms with Gasteiger partial charge in [0.2, 0.25) is 0 Å². The Morgan fingerprint density at radius 3 is 2.44 bits per heavy atom. The van der Waals surface area contributed by atoms with E-state index in [9.17, 15) is 15.3 Å². The van der Waals surface area contributed by atoms with E-state index in [1.165, 1.54) is 6.21 Å². The molecule has 2 aromatic carbocycles. The van der Waals surface area contributed by atoms with Gasteiger partial charge in [0.15, 0.2) is 11.5 Å². The second-order valence-corrected chi connectivity index (χ2v) is 12.2. The molecule has 1 heterocycles. The van der Waals surface area contributed by atoms with Gasteiger partial charge in [-0.1, -0.05) is 37.6 Å². The number of fused-ring (bicyclic) bond motifs is 2. The van der Waals surface area contributed by atoms with E-state index in [-0.39, 0.29) is 29.4 Å². The minimum atomic E-state index is -0.441. The fourth-order valence-electron chi connectivity index (χ4n) is 6.09. The van der Waals surface area contributed by atoms with Crippen molar-refractivity contribution in [3.63, 3.8) is 0 Å². The van der Waals surface area contributed by atoms with E-state index < -0.39 is 11.7 Å². The molecule has 8 heteroatoms. The number of ether oxygens (including phenoxy) is 2. The predicted molar refractivity (Wildman–Crippen MR) is 165 cm³/mol. The summed E-state index contributed by atoms with van der Waals surface area (Å²) in [6, 6.07) is 7.27. The fraction of sp³-hybridized carbons (Fsp3) is 0.455. The summed E-state index contributed by atoms with van der Waals surface area (Å²) in [5.41, 5.74) is 3.96. The van der Waals surface area contributed by atoms with Crippen molar-refractivity contribution in [2.75, 3.05) is 13.7 Å². The number of nitrogens with zero attached hydrogens (tertiary/aromatic N) is 2. The number of benzene rings is 2. The lowest BCUT2D eigenvalue weighted by molar-refractivity contribution is -0.138. The molecule has 1 aliphatic heterocycles. The number of aliphatic imine (C=N–C) groups is 1. The minimum Gasteiger partial charge on any atom is -0.507 e. The van der Waals surface area contributed by atoms with E-state index in [2.05, 4.69) is 30.9 Å². The number of allylic oxidation sites excluding steroid dienone is 2. The third kappa shape index (κ3) is 6.43. The van der Waals surface area contributed by atoms with Crippen molar-refractivity contribution < 1.29 is 24.8 Å². The SMILES string of the molecule is CN=CC(COc1cc(/C=C/c2cc(O)c3c(c2)C[C@@H]2C(C)(C)[C@H](O)CC[C@@]2(C)O3)cc(O)c1CC=C(C)C)=NN. The second-order valence-electron chi connectivity index (χ2n) is 12.2. The first kappa shape index (κ1) is 30.2. The van der Waals surface area contributed by atoms with Crippen LogP contribution in [0.3, 0.4) is 0 Å². The number of phenols is 2. The number of aliphatic hydroxyl groups excluding tert-OH is 1. The summed E-state index contributed by atoms with van der Waals surface area (Å²) in [6.07, 6.45) is 9.54. The Bertz CT molecular complexity index is 1400. The van der Waals surface area contributed by atoms with Crippen molar-refractivity contribution in [2.45, 2.75) is 72.0 Å². The van der Waals surface area contributed by atoms with Gasteiger partial charge in [-0.25, -0.2) is 0 Å². The predicted octanol–water partition coefficient (Wildman–Crippen LogP) is 5.66. The van der Waals surface area contributed by atoms with Crippen LogP contribution in [-0.2, 0) is 12.8 Å². The number of nitrogens with two attached hydrogens (primary N) is 1. The fourth-order valence-corrected chi connectivity index (χ4v) is 6.09. The number of phenolic OH excluding ortho intramolecular Hbond substituents is 2. The van der Waals surface area contributed by atoms with Crippen LogP contribution in [0.4, 0.5) is 0 Å². The van der Waals surface area contributed by atoms with Crippen LogP contribution in [0.5, 0.6) is 23.0 Å². The maximum Gasteiger partial charge on any atom is 0.164 e. The van der Waals surface area contributed by atoms with Gasteiger partial charge in [-0.05, 0) is 92.8 Å². The molecule has 220 valence electrons. The van der Waals surface area contributed by atoms with E-state index in [0.29, 0.717) is 42.0 Å². The Labute approximate surface area is 242 Å². The van der Waals surface area contributed by atoms with Crippen molar-refractivity contribution in [1.29, 1.82) is 0 Å². The lowest BCUT2D eigenvalue weighted by Crippen LogP contribution is -2.58. The molecular formula is C33H43N3O5. The summed E-state index contributed by atoms with van der Waals surface area (Å²) in [5.74, 6) is 6.83. The molecule has 5 N–H and O–H groups in total. The quantitative estimate of drug-likeness (QED) is 0.108. The van der Waals surface area contributed by atoms with Gasteiger partial charge in [0, 0.05) is 24.7 Å². The molecule has 0 saturated heterocycles. The summed E-state index contributed by atoms with van der Waals surface area (Å²) in [4.78, 5) is 3.95. The Kier molecular flexibility index (Phi) is 8.83. The van der Waals surface area contributed by atoms with Crippen molar-refractivity contribution >= 4 is 24.1 Å². The third-order valence-corrected chi connectivity index (χ3v) is 8.55. The summed E-state index contributed by atoms with van der Waals surface area (Å²) in [6.45, 7) is 10.4. The molecule has 1 fully saturated rings. The Balaban J connectivity index is 1.64. The molecule has 41 heavy (non-hydrogen) atoms. The van der Waals surface area contributed by atoms with Crippen molar-refractivity contribution in [3.05, 3.63) is 58.2 Å². The van der Waals surface area contributed by atoms with Crippen LogP contribution in [0.1, 0.15) is 69.7 Å². The first-order valence-corrected chi connectivity index (χ1v) is 14.1.